The second kappa shape index (κ2) is 8.39. The van der Waals surface area contributed by atoms with Gasteiger partial charge >= 0.3 is 0 Å². The minimum Gasteiger partial charge on any atom is -0.457 e. The number of nitrogens with zero attached hydrogens (tertiary/aromatic N) is 2. The summed E-state index contributed by atoms with van der Waals surface area (Å²) in [7, 11) is 0. The number of rotatable bonds is 6. The Balaban J connectivity index is 1.46. The van der Waals surface area contributed by atoms with Gasteiger partial charge in [0.1, 0.15) is 17.3 Å². The Morgan fingerprint density at radius 2 is 1.83 bits per heavy atom. The molecule has 29 heavy (non-hydrogen) atoms. The molecule has 6 heteroatoms. The number of carbonyl (C=O) groups excluding carboxylic acids is 1. The van der Waals surface area contributed by atoms with Gasteiger partial charge in [0.15, 0.2) is 0 Å². The fraction of sp³-hybridized carbons (Fsp3) is 0.0435. The van der Waals surface area contributed by atoms with Crippen molar-refractivity contribution in [2.45, 2.75) is 6.54 Å². The summed E-state index contributed by atoms with van der Waals surface area (Å²) in [5.74, 6) is 0.418. The Morgan fingerprint density at radius 1 is 1.03 bits per heavy atom. The van der Waals surface area contributed by atoms with Gasteiger partial charge in [0, 0.05) is 18.9 Å². The van der Waals surface area contributed by atoms with E-state index in [1.165, 1.54) is 12.4 Å². The standard InChI is InChI=1S/C23H18FN3O2/c24-20-14-17(10-11-21(20)27-13-12-25-16-27)15-26-23(28)19-8-4-5-9-22(19)29-18-6-2-1-3-7-18/h1-14,16H,15H2,(H,26,28). The number of nitrogens with one attached hydrogen (secondary N) is 1. The number of para-hydroxylation sites is 2. The molecule has 1 N–H and O–H groups in total. The first-order valence-electron chi connectivity index (χ1n) is 9.07. The van der Waals surface area contributed by atoms with E-state index in [0.29, 0.717) is 28.3 Å². The fourth-order valence-electron chi connectivity index (χ4n) is 2.91. The fourth-order valence-corrected chi connectivity index (χ4v) is 2.91. The van der Waals surface area contributed by atoms with Crippen LogP contribution in [0.25, 0.3) is 5.69 Å². The molecule has 0 fully saturated rings. The summed E-state index contributed by atoms with van der Waals surface area (Å²) >= 11 is 0. The van der Waals surface area contributed by atoms with E-state index >= 15 is 0 Å². The van der Waals surface area contributed by atoms with E-state index in [2.05, 4.69) is 10.3 Å². The maximum Gasteiger partial charge on any atom is 0.255 e. The number of hydrogen-bond donors (Lipinski definition) is 1. The van der Waals surface area contributed by atoms with Gasteiger partial charge in [-0.15, -0.1) is 0 Å². The Labute approximate surface area is 167 Å². The summed E-state index contributed by atoms with van der Waals surface area (Å²) in [5, 5.41) is 2.82. The van der Waals surface area contributed by atoms with E-state index in [-0.39, 0.29) is 18.3 Å². The van der Waals surface area contributed by atoms with Gasteiger partial charge in [-0.2, -0.15) is 0 Å². The first-order valence-corrected chi connectivity index (χ1v) is 9.07. The molecule has 1 amide bonds. The van der Waals surface area contributed by atoms with Crippen molar-refractivity contribution in [3.05, 3.63) is 108 Å². The summed E-state index contributed by atoms with van der Waals surface area (Å²) in [5.41, 5.74) is 1.47. The van der Waals surface area contributed by atoms with Crippen molar-refractivity contribution in [1.82, 2.24) is 14.9 Å². The van der Waals surface area contributed by atoms with Crippen LogP contribution in [0.5, 0.6) is 11.5 Å². The van der Waals surface area contributed by atoms with Crippen LogP contribution in [-0.2, 0) is 6.54 Å². The first kappa shape index (κ1) is 18.4. The topological polar surface area (TPSA) is 56.2 Å². The molecule has 0 aliphatic heterocycles. The third-order valence-corrected chi connectivity index (χ3v) is 4.35. The average Bonchev–Trinajstić information content (AvgIpc) is 3.28. The molecule has 1 aromatic heterocycles. The first-order chi connectivity index (χ1) is 14.2. The molecular formula is C23H18FN3O2. The Bertz CT molecular complexity index is 1110. The van der Waals surface area contributed by atoms with Crippen LogP contribution >= 0.6 is 0 Å². The number of amides is 1. The number of ether oxygens (including phenoxy) is 1. The van der Waals surface area contributed by atoms with Crippen LogP contribution in [0.15, 0.2) is 91.5 Å². The highest BCUT2D eigenvalue weighted by molar-refractivity contribution is 5.97. The van der Waals surface area contributed by atoms with Gasteiger partial charge in [-0.25, -0.2) is 9.37 Å². The van der Waals surface area contributed by atoms with Crippen LogP contribution in [0.3, 0.4) is 0 Å². The highest BCUT2D eigenvalue weighted by Crippen LogP contribution is 2.25. The minimum atomic E-state index is -0.387. The van der Waals surface area contributed by atoms with E-state index in [4.69, 9.17) is 4.74 Å². The second-order valence-electron chi connectivity index (χ2n) is 6.35. The van der Waals surface area contributed by atoms with Crippen LogP contribution in [-0.4, -0.2) is 15.5 Å². The molecule has 0 spiro atoms. The van der Waals surface area contributed by atoms with Gasteiger partial charge in [-0.1, -0.05) is 36.4 Å². The van der Waals surface area contributed by atoms with Crippen molar-refractivity contribution in [2.75, 3.05) is 0 Å². The average molecular weight is 387 g/mol. The van der Waals surface area contributed by atoms with Crippen molar-refractivity contribution in [3.63, 3.8) is 0 Å². The summed E-state index contributed by atoms with van der Waals surface area (Å²) in [6, 6.07) is 21.1. The summed E-state index contributed by atoms with van der Waals surface area (Å²) < 4.78 is 21.8. The van der Waals surface area contributed by atoms with Crippen LogP contribution in [0.1, 0.15) is 15.9 Å². The predicted molar refractivity (Wildman–Crippen MR) is 108 cm³/mol. The van der Waals surface area contributed by atoms with E-state index in [1.807, 2.05) is 30.3 Å². The second-order valence-corrected chi connectivity index (χ2v) is 6.35. The van der Waals surface area contributed by atoms with Crippen LogP contribution < -0.4 is 10.1 Å². The molecule has 4 rings (SSSR count). The molecule has 5 nitrogen and oxygen atoms in total. The van der Waals surface area contributed by atoms with Crippen molar-refractivity contribution in [1.29, 1.82) is 0 Å². The largest absolute Gasteiger partial charge is 0.457 e. The van der Waals surface area contributed by atoms with Crippen molar-refractivity contribution >= 4 is 5.91 Å². The lowest BCUT2D eigenvalue weighted by Crippen LogP contribution is -2.23. The predicted octanol–water partition coefficient (Wildman–Crippen LogP) is 4.73. The lowest BCUT2D eigenvalue weighted by molar-refractivity contribution is 0.0948. The van der Waals surface area contributed by atoms with E-state index in [0.717, 1.165) is 0 Å². The molecule has 4 aromatic rings. The number of hydrogen-bond acceptors (Lipinski definition) is 3. The zero-order valence-electron chi connectivity index (χ0n) is 15.5. The number of imidazole rings is 1. The van der Waals surface area contributed by atoms with Gasteiger partial charge in [-0.3, -0.25) is 4.79 Å². The number of halogens is 1. The summed E-state index contributed by atoms with van der Waals surface area (Å²) in [6.45, 7) is 0.194. The van der Waals surface area contributed by atoms with E-state index in [9.17, 15) is 9.18 Å². The van der Waals surface area contributed by atoms with Gasteiger partial charge in [0.25, 0.3) is 5.91 Å². The third-order valence-electron chi connectivity index (χ3n) is 4.35. The number of benzene rings is 3. The summed E-state index contributed by atoms with van der Waals surface area (Å²) in [6.07, 6.45) is 4.79. The van der Waals surface area contributed by atoms with E-state index in [1.54, 1.807) is 53.4 Å². The van der Waals surface area contributed by atoms with Crippen LogP contribution in [0.4, 0.5) is 4.39 Å². The van der Waals surface area contributed by atoms with Gasteiger partial charge in [0.05, 0.1) is 17.6 Å². The Morgan fingerprint density at radius 3 is 2.59 bits per heavy atom. The number of carbonyl (C=O) groups is 1. The molecule has 3 aromatic carbocycles. The molecule has 0 aliphatic rings. The van der Waals surface area contributed by atoms with Crippen LogP contribution in [0, 0.1) is 5.82 Å². The maximum atomic E-state index is 14.4. The highest BCUT2D eigenvalue weighted by atomic mass is 19.1. The summed E-state index contributed by atoms with van der Waals surface area (Å²) in [4.78, 5) is 16.6. The normalized spacial score (nSPS) is 10.5. The smallest absolute Gasteiger partial charge is 0.255 e. The molecule has 0 radical (unpaired) electrons. The quantitative estimate of drug-likeness (QED) is 0.520. The van der Waals surface area contributed by atoms with Crippen LogP contribution in [0.2, 0.25) is 0 Å². The van der Waals surface area contributed by atoms with Crippen molar-refractivity contribution in [2.24, 2.45) is 0 Å². The molecule has 1 heterocycles. The van der Waals surface area contributed by atoms with Crippen molar-refractivity contribution in [3.8, 4) is 17.2 Å². The lowest BCUT2D eigenvalue weighted by Gasteiger charge is -2.12. The molecule has 0 saturated carbocycles. The van der Waals surface area contributed by atoms with Gasteiger partial charge in [0.2, 0.25) is 0 Å². The Kier molecular flexibility index (Phi) is 5.33. The SMILES string of the molecule is O=C(NCc1ccc(-n2ccnc2)c(F)c1)c1ccccc1Oc1ccccc1. The lowest BCUT2D eigenvalue weighted by atomic mass is 10.1. The molecule has 0 unspecified atom stereocenters. The van der Waals surface area contributed by atoms with Gasteiger partial charge in [-0.05, 0) is 42.0 Å². The zero-order valence-corrected chi connectivity index (χ0v) is 15.5. The van der Waals surface area contributed by atoms with Gasteiger partial charge < -0.3 is 14.6 Å². The molecular weight excluding hydrogens is 369 g/mol. The minimum absolute atomic E-state index is 0.194. The molecule has 0 atom stereocenters. The van der Waals surface area contributed by atoms with E-state index < -0.39 is 0 Å². The zero-order chi connectivity index (χ0) is 20.1. The highest BCUT2D eigenvalue weighted by Gasteiger charge is 2.13. The molecule has 0 bridgehead atoms. The molecule has 0 saturated heterocycles. The van der Waals surface area contributed by atoms with Crippen molar-refractivity contribution < 1.29 is 13.9 Å². The molecule has 144 valence electrons. The monoisotopic (exact) mass is 387 g/mol. The third kappa shape index (κ3) is 4.32. The molecule has 0 aliphatic carbocycles. The maximum absolute atomic E-state index is 14.4. The Hall–Kier alpha value is -3.93. The number of aromatic nitrogens is 2.